The Kier molecular flexibility index (Phi) is 6.95. The molecule has 3 aromatic rings. The van der Waals surface area contributed by atoms with Crippen molar-refractivity contribution in [1.82, 2.24) is 9.29 Å². The summed E-state index contributed by atoms with van der Waals surface area (Å²) in [6.45, 7) is 3.43. The first kappa shape index (κ1) is 25.0. The van der Waals surface area contributed by atoms with E-state index in [0.29, 0.717) is 43.8 Å². The van der Waals surface area contributed by atoms with Gasteiger partial charge in [0.1, 0.15) is 5.78 Å². The number of piperidine rings is 1. The Morgan fingerprint density at radius 1 is 1.25 bits per heavy atom. The molecule has 1 fully saturated rings. The van der Waals surface area contributed by atoms with Gasteiger partial charge in [0.05, 0.1) is 16.9 Å². The Labute approximate surface area is 214 Å². The zero-order chi connectivity index (χ0) is 25.4. The predicted octanol–water partition coefficient (Wildman–Crippen LogP) is 3.81. The number of nitrogens with zero attached hydrogens (tertiary/aromatic N) is 3. The number of sulfonamides is 1. The van der Waals surface area contributed by atoms with E-state index in [2.05, 4.69) is 4.98 Å². The van der Waals surface area contributed by atoms with E-state index in [1.165, 1.54) is 9.82 Å². The third-order valence-electron chi connectivity index (χ3n) is 7.09. The fourth-order valence-electron chi connectivity index (χ4n) is 5.26. The SMILES string of the molecule is COCCCN1C(=O)c2cccc3c(CC(=O)C4CCCN(S(=O)(=O)c5scnc5C)C4)ccc1c23. The topological polar surface area (TPSA) is 96.9 Å². The van der Waals surface area contributed by atoms with Crippen molar-refractivity contribution in [2.24, 2.45) is 5.92 Å². The van der Waals surface area contributed by atoms with Gasteiger partial charge < -0.3 is 9.64 Å². The number of carbonyl (C=O) groups excluding carboxylic acids is 2. The van der Waals surface area contributed by atoms with Gasteiger partial charge in [0, 0.05) is 56.6 Å². The molecule has 5 rings (SSSR count). The van der Waals surface area contributed by atoms with Gasteiger partial charge in [-0.25, -0.2) is 13.4 Å². The maximum Gasteiger partial charge on any atom is 0.258 e. The summed E-state index contributed by atoms with van der Waals surface area (Å²) in [5.74, 6) is -0.364. The van der Waals surface area contributed by atoms with Crippen LogP contribution in [0.15, 0.2) is 40.1 Å². The number of ether oxygens (including phenoxy) is 1. The number of thiazole rings is 1. The number of amides is 1. The van der Waals surface area contributed by atoms with E-state index in [-0.39, 0.29) is 34.8 Å². The molecule has 0 spiro atoms. The van der Waals surface area contributed by atoms with Gasteiger partial charge in [-0.05, 0) is 49.3 Å². The molecule has 10 heteroatoms. The molecule has 1 aromatic heterocycles. The number of ketones is 1. The Morgan fingerprint density at radius 3 is 2.83 bits per heavy atom. The highest BCUT2D eigenvalue weighted by atomic mass is 32.2. The highest BCUT2D eigenvalue weighted by molar-refractivity contribution is 7.91. The molecule has 1 amide bonds. The number of anilines is 1. The number of aromatic nitrogens is 1. The summed E-state index contributed by atoms with van der Waals surface area (Å²) < 4.78 is 33.1. The average molecular weight is 528 g/mol. The highest BCUT2D eigenvalue weighted by Crippen LogP contribution is 2.39. The lowest BCUT2D eigenvalue weighted by Gasteiger charge is -2.31. The zero-order valence-corrected chi connectivity index (χ0v) is 22.0. The van der Waals surface area contributed by atoms with Crippen LogP contribution in [0.25, 0.3) is 10.8 Å². The molecule has 3 heterocycles. The van der Waals surface area contributed by atoms with Crippen LogP contribution in [0.1, 0.15) is 40.9 Å². The molecule has 1 saturated heterocycles. The van der Waals surface area contributed by atoms with E-state index in [0.717, 1.165) is 39.8 Å². The van der Waals surface area contributed by atoms with E-state index in [1.807, 2.05) is 30.3 Å². The molecule has 1 unspecified atom stereocenters. The van der Waals surface area contributed by atoms with Gasteiger partial charge in [-0.3, -0.25) is 9.59 Å². The number of rotatable bonds is 9. The molecule has 0 saturated carbocycles. The molecule has 1 atom stereocenters. The Hall–Kier alpha value is -2.66. The van der Waals surface area contributed by atoms with Crippen molar-refractivity contribution in [3.63, 3.8) is 0 Å². The molecule has 0 radical (unpaired) electrons. The van der Waals surface area contributed by atoms with Crippen LogP contribution in [-0.2, 0) is 26.0 Å². The second kappa shape index (κ2) is 10.0. The maximum atomic E-state index is 13.4. The molecule has 0 bridgehead atoms. The number of hydrogen-bond donors (Lipinski definition) is 0. The summed E-state index contributed by atoms with van der Waals surface area (Å²) in [6.07, 6.45) is 2.25. The molecular weight excluding hydrogens is 498 g/mol. The number of aryl methyl sites for hydroxylation is 1. The van der Waals surface area contributed by atoms with Crippen LogP contribution in [-0.4, -0.2) is 62.7 Å². The minimum atomic E-state index is -3.66. The minimum absolute atomic E-state index is 0.0258. The van der Waals surface area contributed by atoms with Crippen molar-refractivity contribution in [2.75, 3.05) is 38.3 Å². The molecule has 8 nitrogen and oxygen atoms in total. The van der Waals surface area contributed by atoms with Gasteiger partial charge >= 0.3 is 0 Å². The molecule has 36 heavy (non-hydrogen) atoms. The van der Waals surface area contributed by atoms with E-state index in [4.69, 9.17) is 4.74 Å². The maximum absolute atomic E-state index is 13.4. The Balaban J connectivity index is 1.37. The summed E-state index contributed by atoms with van der Waals surface area (Å²) in [7, 11) is -2.02. The number of carbonyl (C=O) groups is 2. The number of methoxy groups -OCH3 is 1. The smallest absolute Gasteiger partial charge is 0.258 e. The third kappa shape index (κ3) is 4.36. The van der Waals surface area contributed by atoms with Crippen LogP contribution in [0.2, 0.25) is 0 Å². The van der Waals surface area contributed by atoms with E-state index >= 15 is 0 Å². The zero-order valence-electron chi connectivity index (χ0n) is 20.4. The monoisotopic (exact) mass is 527 g/mol. The van der Waals surface area contributed by atoms with Crippen LogP contribution in [0.5, 0.6) is 0 Å². The van der Waals surface area contributed by atoms with Gasteiger partial charge in [0.25, 0.3) is 15.9 Å². The summed E-state index contributed by atoms with van der Waals surface area (Å²) in [5.41, 5.74) is 4.42. The summed E-state index contributed by atoms with van der Waals surface area (Å²) >= 11 is 1.11. The van der Waals surface area contributed by atoms with Crippen molar-refractivity contribution in [2.45, 2.75) is 36.8 Å². The van der Waals surface area contributed by atoms with Crippen molar-refractivity contribution >= 4 is 49.5 Å². The first-order chi connectivity index (χ1) is 17.3. The lowest BCUT2D eigenvalue weighted by atomic mass is 9.89. The largest absolute Gasteiger partial charge is 0.385 e. The summed E-state index contributed by atoms with van der Waals surface area (Å²) in [5, 5.41) is 1.79. The van der Waals surface area contributed by atoms with Crippen molar-refractivity contribution < 1.29 is 22.7 Å². The van der Waals surface area contributed by atoms with Crippen LogP contribution in [0, 0.1) is 12.8 Å². The molecular formula is C26H29N3O5S2. The van der Waals surface area contributed by atoms with Crippen LogP contribution in [0.4, 0.5) is 5.69 Å². The highest BCUT2D eigenvalue weighted by Gasteiger charge is 2.35. The molecule has 190 valence electrons. The average Bonchev–Trinajstić information content (AvgIpc) is 3.44. The standard InChI is InChI=1S/C26H29N3O5S2/c1-17-26(35-16-27-17)36(32,33)28-11-4-6-19(15-28)23(30)14-18-9-10-22-24-20(18)7-3-8-21(24)25(31)29(22)12-5-13-34-2/h3,7-10,16,19H,4-6,11-15H2,1-2H3. The number of benzene rings is 2. The second-order valence-corrected chi connectivity index (χ2v) is 12.3. The number of hydrogen-bond acceptors (Lipinski definition) is 7. The number of Topliss-reactive ketones (excluding diaryl/α,β-unsaturated/α-hetero) is 1. The molecule has 2 aliphatic heterocycles. The van der Waals surface area contributed by atoms with E-state index < -0.39 is 10.0 Å². The first-order valence-electron chi connectivity index (χ1n) is 12.1. The summed E-state index contributed by atoms with van der Waals surface area (Å²) in [6, 6.07) is 9.51. The quantitative estimate of drug-likeness (QED) is 0.393. The molecule has 0 aliphatic carbocycles. The van der Waals surface area contributed by atoms with Crippen molar-refractivity contribution in [3.8, 4) is 0 Å². The lowest BCUT2D eigenvalue weighted by molar-refractivity contribution is -0.123. The van der Waals surface area contributed by atoms with Crippen LogP contribution < -0.4 is 4.90 Å². The molecule has 2 aliphatic rings. The first-order valence-corrected chi connectivity index (χ1v) is 14.4. The van der Waals surface area contributed by atoms with Crippen LogP contribution in [0.3, 0.4) is 0 Å². The van der Waals surface area contributed by atoms with Gasteiger partial charge in [0.2, 0.25) is 0 Å². The predicted molar refractivity (Wildman–Crippen MR) is 139 cm³/mol. The molecule has 2 aromatic carbocycles. The third-order valence-corrected chi connectivity index (χ3v) is 10.5. The Bertz CT molecular complexity index is 1430. The van der Waals surface area contributed by atoms with Gasteiger partial charge in [-0.1, -0.05) is 18.2 Å². The van der Waals surface area contributed by atoms with Crippen molar-refractivity contribution in [1.29, 1.82) is 0 Å². The fraction of sp³-hybridized carbons (Fsp3) is 0.423. The van der Waals surface area contributed by atoms with Crippen LogP contribution >= 0.6 is 11.3 Å². The normalized spacial score (nSPS) is 18.3. The van der Waals surface area contributed by atoms with Gasteiger partial charge in [-0.2, -0.15) is 4.31 Å². The summed E-state index contributed by atoms with van der Waals surface area (Å²) in [4.78, 5) is 32.3. The second-order valence-electron chi connectivity index (χ2n) is 9.35. The van der Waals surface area contributed by atoms with E-state index in [1.54, 1.807) is 18.9 Å². The minimum Gasteiger partial charge on any atom is -0.385 e. The van der Waals surface area contributed by atoms with Gasteiger partial charge in [-0.15, -0.1) is 11.3 Å². The molecule has 0 N–H and O–H groups in total. The van der Waals surface area contributed by atoms with Crippen molar-refractivity contribution in [3.05, 3.63) is 52.7 Å². The lowest BCUT2D eigenvalue weighted by Crippen LogP contribution is -2.42. The van der Waals surface area contributed by atoms with E-state index in [9.17, 15) is 18.0 Å². The Morgan fingerprint density at radius 2 is 2.08 bits per heavy atom. The van der Waals surface area contributed by atoms with Gasteiger partial charge in [0.15, 0.2) is 4.21 Å². The fourth-order valence-corrected chi connectivity index (χ4v) is 8.13.